The smallest absolute Gasteiger partial charge is 0.341 e. The monoisotopic (exact) mass is 358 g/mol. The number of nitrogens with two attached hydrogens (primary N) is 1. The molecular formula is C16H20F2N2O3S. The summed E-state index contributed by atoms with van der Waals surface area (Å²) in [5.41, 5.74) is 6.67. The van der Waals surface area contributed by atoms with Gasteiger partial charge in [0.15, 0.2) is 0 Å². The molecule has 1 amide bonds. The van der Waals surface area contributed by atoms with E-state index in [9.17, 15) is 22.0 Å². The van der Waals surface area contributed by atoms with Gasteiger partial charge in [0.25, 0.3) is 0 Å². The number of carbonyl (C=O) groups is 1. The second-order valence-electron chi connectivity index (χ2n) is 6.59. The van der Waals surface area contributed by atoms with E-state index in [4.69, 9.17) is 5.73 Å². The van der Waals surface area contributed by atoms with Gasteiger partial charge in [-0.05, 0) is 42.4 Å². The molecule has 2 N–H and O–H groups in total. The number of likely N-dealkylation sites (tertiary alicyclic amines) is 1. The molecule has 1 aromatic rings. The molecule has 8 heteroatoms. The molecule has 1 heterocycles. The second kappa shape index (κ2) is 6.40. The lowest BCUT2D eigenvalue weighted by molar-refractivity contribution is -0.129. The van der Waals surface area contributed by atoms with Gasteiger partial charge in [-0.25, -0.2) is 8.42 Å². The molecule has 0 spiro atoms. The van der Waals surface area contributed by atoms with Crippen LogP contribution in [-0.4, -0.2) is 44.1 Å². The maximum absolute atomic E-state index is 12.5. The zero-order valence-corrected chi connectivity index (χ0v) is 13.9. The minimum absolute atomic E-state index is 0.0407. The van der Waals surface area contributed by atoms with Gasteiger partial charge in [-0.2, -0.15) is 8.78 Å². The third-order valence-electron chi connectivity index (χ3n) is 5.11. The Bertz CT molecular complexity index is 721. The molecule has 0 aromatic heterocycles. The van der Waals surface area contributed by atoms with E-state index >= 15 is 0 Å². The molecule has 3 atom stereocenters. The highest BCUT2D eigenvalue weighted by atomic mass is 32.2. The van der Waals surface area contributed by atoms with E-state index in [0.29, 0.717) is 23.9 Å². The number of carbonyl (C=O) groups excluding carboxylic acids is 1. The maximum Gasteiger partial charge on any atom is 0.341 e. The Labute approximate surface area is 139 Å². The van der Waals surface area contributed by atoms with Crippen molar-refractivity contribution in [1.29, 1.82) is 0 Å². The standard InChI is InChI=1S/C16H20F2N2O3S/c17-16(18)24(22,23)12-4-1-10(2-5-12)7-15(21)20-8-11-3-6-14(19)13(11)9-20/h1-2,4-5,11,13-14,16H,3,6-9,19H2. The molecular weight excluding hydrogens is 338 g/mol. The summed E-state index contributed by atoms with van der Waals surface area (Å²) < 4.78 is 47.8. The number of hydrogen-bond acceptors (Lipinski definition) is 4. The van der Waals surface area contributed by atoms with Crippen LogP contribution in [-0.2, 0) is 21.1 Å². The first-order valence-electron chi connectivity index (χ1n) is 7.93. The SMILES string of the molecule is NC1CCC2CN(C(=O)Cc3ccc(S(=O)(=O)C(F)F)cc3)CC12. The van der Waals surface area contributed by atoms with Gasteiger partial charge < -0.3 is 10.6 Å². The Morgan fingerprint density at radius 3 is 2.46 bits per heavy atom. The Hall–Kier alpha value is -1.54. The summed E-state index contributed by atoms with van der Waals surface area (Å²) in [6, 6.07) is 5.23. The summed E-state index contributed by atoms with van der Waals surface area (Å²) in [5, 5.41) is 0. The van der Waals surface area contributed by atoms with Crippen molar-refractivity contribution in [3.8, 4) is 0 Å². The summed E-state index contributed by atoms with van der Waals surface area (Å²) in [7, 11) is -4.60. The van der Waals surface area contributed by atoms with Crippen LogP contribution in [0.5, 0.6) is 0 Å². The highest BCUT2D eigenvalue weighted by molar-refractivity contribution is 7.91. The Morgan fingerprint density at radius 2 is 1.88 bits per heavy atom. The van der Waals surface area contributed by atoms with Crippen molar-refractivity contribution in [3.63, 3.8) is 0 Å². The number of sulfone groups is 1. The first kappa shape index (κ1) is 17.3. The molecule has 1 aliphatic heterocycles. The van der Waals surface area contributed by atoms with E-state index in [0.717, 1.165) is 31.5 Å². The molecule has 0 bridgehead atoms. The number of amides is 1. The van der Waals surface area contributed by atoms with Crippen LogP contribution in [0.4, 0.5) is 8.78 Å². The minimum atomic E-state index is -4.60. The van der Waals surface area contributed by atoms with E-state index in [-0.39, 0.29) is 18.4 Å². The van der Waals surface area contributed by atoms with Crippen molar-refractivity contribution < 1.29 is 22.0 Å². The number of nitrogens with zero attached hydrogens (tertiary/aromatic N) is 1. The molecule has 24 heavy (non-hydrogen) atoms. The van der Waals surface area contributed by atoms with Crippen molar-refractivity contribution in [3.05, 3.63) is 29.8 Å². The van der Waals surface area contributed by atoms with Crippen molar-refractivity contribution in [2.75, 3.05) is 13.1 Å². The first-order chi connectivity index (χ1) is 11.3. The van der Waals surface area contributed by atoms with Crippen molar-refractivity contribution >= 4 is 15.7 Å². The molecule has 2 fully saturated rings. The number of hydrogen-bond donors (Lipinski definition) is 1. The van der Waals surface area contributed by atoms with Gasteiger partial charge in [-0.15, -0.1) is 0 Å². The Kier molecular flexibility index (Phi) is 4.61. The lowest BCUT2D eigenvalue weighted by Crippen LogP contribution is -2.34. The third-order valence-corrected chi connectivity index (χ3v) is 6.51. The topological polar surface area (TPSA) is 80.5 Å². The Balaban J connectivity index is 1.64. The number of benzene rings is 1. The van der Waals surface area contributed by atoms with Crippen LogP contribution in [0.3, 0.4) is 0 Å². The third kappa shape index (κ3) is 3.17. The average molecular weight is 358 g/mol. The van der Waals surface area contributed by atoms with Crippen LogP contribution in [0.25, 0.3) is 0 Å². The van der Waals surface area contributed by atoms with Gasteiger partial charge in [-0.1, -0.05) is 12.1 Å². The van der Waals surface area contributed by atoms with E-state index < -0.39 is 20.5 Å². The van der Waals surface area contributed by atoms with E-state index in [2.05, 4.69) is 0 Å². The molecule has 3 rings (SSSR count). The highest BCUT2D eigenvalue weighted by Gasteiger charge is 2.42. The van der Waals surface area contributed by atoms with E-state index in [1.54, 1.807) is 4.90 Å². The summed E-state index contributed by atoms with van der Waals surface area (Å²) in [5.74, 6) is -2.64. The maximum atomic E-state index is 12.5. The number of fused-ring (bicyclic) bond motifs is 1. The van der Waals surface area contributed by atoms with E-state index in [1.165, 1.54) is 12.1 Å². The van der Waals surface area contributed by atoms with Gasteiger partial charge in [0.05, 0.1) is 11.3 Å². The van der Waals surface area contributed by atoms with Gasteiger partial charge in [-0.3, -0.25) is 4.79 Å². The fourth-order valence-corrected chi connectivity index (χ4v) is 4.42. The van der Waals surface area contributed by atoms with E-state index in [1.807, 2.05) is 0 Å². The predicted octanol–water partition coefficient (Wildman–Crippen LogP) is 1.42. The second-order valence-corrected chi connectivity index (χ2v) is 8.51. The summed E-state index contributed by atoms with van der Waals surface area (Å²) >= 11 is 0. The Morgan fingerprint density at radius 1 is 1.21 bits per heavy atom. The van der Waals surface area contributed by atoms with Crippen LogP contribution in [0.2, 0.25) is 0 Å². The minimum Gasteiger partial charge on any atom is -0.342 e. The fraction of sp³-hybridized carbons (Fsp3) is 0.562. The zero-order chi connectivity index (χ0) is 17.5. The molecule has 3 unspecified atom stereocenters. The van der Waals surface area contributed by atoms with Crippen LogP contribution in [0.1, 0.15) is 18.4 Å². The summed E-state index contributed by atoms with van der Waals surface area (Å²) in [4.78, 5) is 13.8. The first-order valence-corrected chi connectivity index (χ1v) is 9.48. The average Bonchev–Trinajstić information content (AvgIpc) is 3.10. The predicted molar refractivity (Wildman–Crippen MR) is 84.1 cm³/mol. The molecule has 1 aromatic carbocycles. The molecule has 5 nitrogen and oxygen atoms in total. The largest absolute Gasteiger partial charge is 0.342 e. The molecule has 1 saturated heterocycles. The number of rotatable bonds is 4. The normalized spacial score (nSPS) is 26.8. The quantitative estimate of drug-likeness (QED) is 0.883. The number of alkyl halides is 2. The molecule has 1 aliphatic carbocycles. The molecule has 132 valence electrons. The fourth-order valence-electron chi connectivity index (χ4n) is 3.70. The van der Waals surface area contributed by atoms with Crippen LogP contribution in [0, 0.1) is 11.8 Å². The summed E-state index contributed by atoms with van der Waals surface area (Å²) in [6.45, 7) is 1.39. The van der Waals surface area contributed by atoms with Crippen LogP contribution >= 0.6 is 0 Å². The molecule has 1 saturated carbocycles. The van der Waals surface area contributed by atoms with Gasteiger partial charge in [0, 0.05) is 19.1 Å². The number of halogens is 2. The highest BCUT2D eigenvalue weighted by Crippen LogP contribution is 2.37. The molecule has 2 aliphatic rings. The molecule has 0 radical (unpaired) electrons. The van der Waals surface area contributed by atoms with Crippen LogP contribution in [0.15, 0.2) is 29.2 Å². The van der Waals surface area contributed by atoms with Crippen molar-refractivity contribution in [2.24, 2.45) is 17.6 Å². The van der Waals surface area contributed by atoms with Crippen molar-refractivity contribution in [1.82, 2.24) is 4.90 Å². The summed E-state index contributed by atoms with van der Waals surface area (Å²) in [6.07, 6.45) is 2.19. The zero-order valence-electron chi connectivity index (χ0n) is 13.1. The van der Waals surface area contributed by atoms with Gasteiger partial charge >= 0.3 is 5.76 Å². The van der Waals surface area contributed by atoms with Crippen LogP contribution < -0.4 is 5.73 Å². The lowest BCUT2D eigenvalue weighted by atomic mass is 9.98. The van der Waals surface area contributed by atoms with Gasteiger partial charge in [0.1, 0.15) is 0 Å². The lowest BCUT2D eigenvalue weighted by Gasteiger charge is -2.19. The van der Waals surface area contributed by atoms with Crippen molar-refractivity contribution in [2.45, 2.75) is 36.0 Å². The van der Waals surface area contributed by atoms with Gasteiger partial charge in [0.2, 0.25) is 15.7 Å².